The normalized spacial score (nSPS) is 17.3. The van der Waals surface area contributed by atoms with Crippen molar-refractivity contribution < 1.29 is 4.79 Å². The molecule has 1 aromatic carbocycles. The van der Waals surface area contributed by atoms with Crippen LogP contribution in [0.3, 0.4) is 0 Å². The molecule has 1 aliphatic carbocycles. The van der Waals surface area contributed by atoms with E-state index in [0.717, 1.165) is 36.4 Å². The van der Waals surface area contributed by atoms with Gasteiger partial charge in [-0.2, -0.15) is 0 Å². The van der Waals surface area contributed by atoms with Gasteiger partial charge in [-0.25, -0.2) is 0 Å². The van der Waals surface area contributed by atoms with E-state index in [1.54, 1.807) is 0 Å². The van der Waals surface area contributed by atoms with Crippen LogP contribution in [0.25, 0.3) is 0 Å². The lowest BCUT2D eigenvalue weighted by Crippen LogP contribution is -2.49. The van der Waals surface area contributed by atoms with Crippen LogP contribution in [0.4, 0.5) is 0 Å². The molecule has 0 radical (unpaired) electrons. The molecule has 1 aliphatic rings. The summed E-state index contributed by atoms with van der Waals surface area (Å²) in [5.41, 5.74) is 0.791. The Morgan fingerprint density at radius 3 is 2.39 bits per heavy atom. The smallest absolute Gasteiger partial charge is 0.230 e. The standard InChI is InChI=1S/C15H20ClNO/c1-11(2)10-17-14(18)15(8-3-9-15)12-4-6-13(16)7-5-12/h4-7,11H,3,8-10H2,1-2H3,(H,17,18). The van der Waals surface area contributed by atoms with Gasteiger partial charge in [0.1, 0.15) is 0 Å². The second kappa shape index (κ2) is 5.31. The van der Waals surface area contributed by atoms with Gasteiger partial charge >= 0.3 is 0 Å². The van der Waals surface area contributed by atoms with E-state index in [2.05, 4.69) is 19.2 Å². The third-order valence-corrected chi connectivity index (χ3v) is 3.96. The lowest BCUT2D eigenvalue weighted by Gasteiger charge is -2.41. The van der Waals surface area contributed by atoms with Gasteiger partial charge in [0.15, 0.2) is 0 Å². The van der Waals surface area contributed by atoms with Crippen molar-refractivity contribution in [1.82, 2.24) is 5.32 Å². The van der Waals surface area contributed by atoms with E-state index in [1.807, 2.05) is 24.3 Å². The predicted molar refractivity (Wildman–Crippen MR) is 74.8 cm³/mol. The van der Waals surface area contributed by atoms with E-state index in [9.17, 15) is 4.79 Å². The summed E-state index contributed by atoms with van der Waals surface area (Å²) in [6.07, 6.45) is 3.01. The number of nitrogens with one attached hydrogen (secondary N) is 1. The van der Waals surface area contributed by atoms with E-state index in [4.69, 9.17) is 11.6 Å². The average Bonchev–Trinajstić information content (AvgIpc) is 2.27. The molecule has 0 atom stereocenters. The Kier molecular flexibility index (Phi) is 3.96. The molecule has 0 spiro atoms. The molecule has 0 bridgehead atoms. The molecular formula is C15H20ClNO. The monoisotopic (exact) mass is 265 g/mol. The molecule has 0 unspecified atom stereocenters. The molecule has 98 valence electrons. The van der Waals surface area contributed by atoms with Gasteiger partial charge in [0.25, 0.3) is 0 Å². The topological polar surface area (TPSA) is 29.1 Å². The molecule has 18 heavy (non-hydrogen) atoms. The number of hydrogen-bond acceptors (Lipinski definition) is 1. The van der Waals surface area contributed by atoms with Crippen LogP contribution < -0.4 is 5.32 Å². The predicted octanol–water partition coefficient (Wildman–Crippen LogP) is 3.53. The lowest BCUT2D eigenvalue weighted by molar-refractivity contribution is -0.130. The second-order valence-corrected chi connectivity index (χ2v) is 5.98. The summed E-state index contributed by atoms with van der Waals surface area (Å²) in [4.78, 5) is 12.4. The fraction of sp³-hybridized carbons (Fsp3) is 0.533. The quantitative estimate of drug-likeness (QED) is 0.887. The van der Waals surface area contributed by atoms with Crippen molar-refractivity contribution >= 4 is 17.5 Å². The van der Waals surface area contributed by atoms with Crippen LogP contribution >= 0.6 is 11.6 Å². The highest BCUT2D eigenvalue weighted by Crippen LogP contribution is 2.44. The van der Waals surface area contributed by atoms with Crippen LogP contribution in [-0.4, -0.2) is 12.5 Å². The van der Waals surface area contributed by atoms with E-state index in [-0.39, 0.29) is 11.3 Å². The maximum atomic E-state index is 12.4. The minimum absolute atomic E-state index is 0.171. The zero-order chi connectivity index (χ0) is 13.2. The Morgan fingerprint density at radius 1 is 1.33 bits per heavy atom. The summed E-state index contributed by atoms with van der Waals surface area (Å²) >= 11 is 5.90. The molecule has 1 fully saturated rings. The first-order chi connectivity index (χ1) is 8.54. The van der Waals surface area contributed by atoms with Crippen molar-refractivity contribution in [3.05, 3.63) is 34.9 Å². The molecule has 1 amide bonds. The van der Waals surface area contributed by atoms with E-state index in [0.29, 0.717) is 5.92 Å². The SMILES string of the molecule is CC(C)CNC(=O)C1(c2ccc(Cl)cc2)CCC1. The summed E-state index contributed by atoms with van der Waals surface area (Å²) in [6, 6.07) is 7.70. The van der Waals surface area contributed by atoms with E-state index in [1.165, 1.54) is 0 Å². The summed E-state index contributed by atoms with van der Waals surface area (Å²) in [5.74, 6) is 0.654. The van der Waals surface area contributed by atoms with Crippen molar-refractivity contribution in [1.29, 1.82) is 0 Å². The minimum atomic E-state index is -0.306. The maximum absolute atomic E-state index is 12.4. The van der Waals surface area contributed by atoms with Gasteiger partial charge in [-0.3, -0.25) is 4.79 Å². The Balaban J connectivity index is 2.15. The number of benzene rings is 1. The molecule has 0 aliphatic heterocycles. The van der Waals surface area contributed by atoms with Gasteiger partial charge in [0.2, 0.25) is 5.91 Å². The van der Waals surface area contributed by atoms with Crippen molar-refractivity contribution in [3.63, 3.8) is 0 Å². The first kappa shape index (κ1) is 13.4. The molecule has 3 heteroatoms. The van der Waals surface area contributed by atoms with Crippen LogP contribution in [0.15, 0.2) is 24.3 Å². The van der Waals surface area contributed by atoms with Crippen molar-refractivity contribution in [2.75, 3.05) is 6.54 Å². The van der Waals surface area contributed by atoms with Crippen molar-refractivity contribution in [2.45, 2.75) is 38.5 Å². The van der Waals surface area contributed by atoms with Gasteiger partial charge in [-0.05, 0) is 36.5 Å². The first-order valence-electron chi connectivity index (χ1n) is 6.59. The Hall–Kier alpha value is -1.02. The Labute approximate surface area is 114 Å². The zero-order valence-electron chi connectivity index (χ0n) is 11.0. The van der Waals surface area contributed by atoms with Gasteiger partial charge in [-0.1, -0.05) is 44.0 Å². The summed E-state index contributed by atoms with van der Waals surface area (Å²) in [6.45, 7) is 4.96. The van der Waals surface area contributed by atoms with Gasteiger partial charge < -0.3 is 5.32 Å². The van der Waals surface area contributed by atoms with Crippen molar-refractivity contribution in [2.24, 2.45) is 5.92 Å². The highest BCUT2D eigenvalue weighted by atomic mass is 35.5. The average molecular weight is 266 g/mol. The maximum Gasteiger partial charge on any atom is 0.230 e. The Bertz CT molecular complexity index is 421. The highest BCUT2D eigenvalue weighted by Gasteiger charge is 2.45. The number of rotatable bonds is 4. The van der Waals surface area contributed by atoms with Crippen molar-refractivity contribution in [3.8, 4) is 0 Å². The van der Waals surface area contributed by atoms with Crippen LogP contribution in [-0.2, 0) is 10.2 Å². The van der Waals surface area contributed by atoms with Gasteiger partial charge in [0, 0.05) is 11.6 Å². The molecule has 0 heterocycles. The Morgan fingerprint density at radius 2 is 1.94 bits per heavy atom. The molecule has 2 rings (SSSR count). The van der Waals surface area contributed by atoms with Crippen LogP contribution in [0, 0.1) is 5.92 Å². The van der Waals surface area contributed by atoms with Crippen LogP contribution in [0.1, 0.15) is 38.7 Å². The van der Waals surface area contributed by atoms with E-state index >= 15 is 0 Å². The van der Waals surface area contributed by atoms with Gasteiger partial charge in [0.05, 0.1) is 5.41 Å². The molecule has 2 nitrogen and oxygen atoms in total. The fourth-order valence-electron chi connectivity index (χ4n) is 2.41. The summed E-state index contributed by atoms with van der Waals surface area (Å²) < 4.78 is 0. The second-order valence-electron chi connectivity index (χ2n) is 5.55. The fourth-order valence-corrected chi connectivity index (χ4v) is 2.54. The van der Waals surface area contributed by atoms with Crippen LogP contribution in [0.5, 0.6) is 0 Å². The third kappa shape index (κ3) is 2.54. The molecule has 0 saturated heterocycles. The molecule has 1 N–H and O–H groups in total. The number of carbonyl (C=O) groups excluding carboxylic acids is 1. The van der Waals surface area contributed by atoms with E-state index < -0.39 is 0 Å². The molecule has 1 aromatic rings. The number of hydrogen-bond donors (Lipinski definition) is 1. The third-order valence-electron chi connectivity index (χ3n) is 3.71. The van der Waals surface area contributed by atoms with Crippen LogP contribution in [0.2, 0.25) is 5.02 Å². The molecular weight excluding hydrogens is 246 g/mol. The molecule has 0 aromatic heterocycles. The number of amides is 1. The lowest BCUT2D eigenvalue weighted by atomic mass is 9.64. The minimum Gasteiger partial charge on any atom is -0.355 e. The highest BCUT2D eigenvalue weighted by molar-refractivity contribution is 6.30. The summed E-state index contributed by atoms with van der Waals surface area (Å²) in [5, 5.41) is 3.78. The number of halogens is 1. The largest absolute Gasteiger partial charge is 0.355 e. The number of carbonyl (C=O) groups is 1. The summed E-state index contributed by atoms with van der Waals surface area (Å²) in [7, 11) is 0. The first-order valence-corrected chi connectivity index (χ1v) is 6.97. The van der Waals surface area contributed by atoms with Gasteiger partial charge in [-0.15, -0.1) is 0 Å². The zero-order valence-corrected chi connectivity index (χ0v) is 11.8. The molecule has 1 saturated carbocycles.